The number of carboxylic acid groups (broad SMARTS) is 1. The molecule has 0 aromatic rings. The molecule has 0 heterocycles. The van der Waals surface area contributed by atoms with Crippen LogP contribution < -0.4 is 0 Å². The summed E-state index contributed by atoms with van der Waals surface area (Å²) in [6, 6.07) is 0. The largest absolute Gasteiger partial charge is 0.481 e. The Balaban J connectivity index is 1.56. The summed E-state index contributed by atoms with van der Waals surface area (Å²) in [5.74, 6) is 0.660. The Hall–Kier alpha value is -0.870. The zero-order valence-electron chi connectivity index (χ0n) is 20.9. The number of ketones is 1. The molecular weight excluding hydrogens is 436 g/mol. The number of halogens is 1. The van der Waals surface area contributed by atoms with E-state index in [-0.39, 0.29) is 46.4 Å². The first kappa shape index (κ1) is 25.2. The van der Waals surface area contributed by atoms with Gasteiger partial charge in [-0.25, -0.2) is 0 Å². The molecule has 33 heavy (non-hydrogen) atoms. The number of hydrogen-bond acceptors (Lipinski definition) is 3. The van der Waals surface area contributed by atoms with Gasteiger partial charge in [0.2, 0.25) is 0 Å². The summed E-state index contributed by atoms with van der Waals surface area (Å²) < 4.78 is 0. The minimum absolute atomic E-state index is 0.0264. The molecule has 5 heteroatoms. The molecule has 2 N–H and O–H groups in total. The van der Waals surface area contributed by atoms with Crippen molar-refractivity contribution in [2.45, 2.75) is 97.0 Å². The van der Waals surface area contributed by atoms with Crippen LogP contribution in [-0.4, -0.2) is 33.4 Å². The monoisotopic (exact) mass is 478 g/mol. The van der Waals surface area contributed by atoms with Gasteiger partial charge in [-0.3, -0.25) is 9.59 Å². The molecule has 0 amide bonds. The maximum Gasteiger partial charge on any atom is 0.307 e. The summed E-state index contributed by atoms with van der Waals surface area (Å²) in [6.07, 6.45) is 7.84. The summed E-state index contributed by atoms with van der Waals surface area (Å²) in [5, 5.41) is 20.4. The molecule has 10 atom stereocenters. The zero-order chi connectivity index (χ0) is 24.3. The van der Waals surface area contributed by atoms with Gasteiger partial charge in [-0.2, -0.15) is 0 Å². The van der Waals surface area contributed by atoms with Gasteiger partial charge >= 0.3 is 5.97 Å². The van der Waals surface area contributed by atoms with Gasteiger partial charge in [0.1, 0.15) is 0 Å². The number of carbonyl (C=O) groups excluding carboxylic acids is 1. The first-order chi connectivity index (χ1) is 15.4. The van der Waals surface area contributed by atoms with Crippen molar-refractivity contribution in [3.63, 3.8) is 0 Å². The van der Waals surface area contributed by atoms with Crippen molar-refractivity contribution in [1.29, 1.82) is 0 Å². The van der Waals surface area contributed by atoms with Gasteiger partial charge in [-0.15, -0.1) is 11.6 Å². The Morgan fingerprint density at radius 1 is 0.970 bits per heavy atom. The van der Waals surface area contributed by atoms with E-state index in [0.29, 0.717) is 29.2 Å². The van der Waals surface area contributed by atoms with Crippen LogP contribution in [0.1, 0.15) is 85.5 Å². The quantitative estimate of drug-likeness (QED) is 0.357. The molecule has 4 saturated carbocycles. The summed E-state index contributed by atoms with van der Waals surface area (Å²) in [6.45, 7) is 12.6. The second-order valence-electron chi connectivity index (χ2n) is 12.6. The average molecular weight is 479 g/mol. The Bertz CT molecular complexity index is 808. The minimum atomic E-state index is -0.823. The number of Topliss-reactive ketones (excluding diaryl/α,β-unsaturated/α-hetero) is 1. The lowest BCUT2D eigenvalue weighted by atomic mass is 9.44. The van der Waals surface area contributed by atoms with Crippen LogP contribution in [0.2, 0.25) is 0 Å². The van der Waals surface area contributed by atoms with E-state index in [0.717, 1.165) is 51.4 Å². The van der Waals surface area contributed by atoms with Gasteiger partial charge in [-0.05, 0) is 103 Å². The molecule has 0 saturated heterocycles. The molecule has 4 fully saturated rings. The number of rotatable bonds is 6. The van der Waals surface area contributed by atoms with Crippen LogP contribution >= 0.6 is 11.6 Å². The number of alkyl halides is 1. The fourth-order valence-corrected chi connectivity index (χ4v) is 9.56. The SMILES string of the molecule is C=C(C(=O)CC(C(=O)O)C1CCC2C3CCC4C(Cl)C(O)CCC4(C)C3CCC12C)C(C)C. The van der Waals surface area contributed by atoms with E-state index in [1.807, 2.05) is 13.8 Å². The Morgan fingerprint density at radius 3 is 2.21 bits per heavy atom. The number of aliphatic hydroxyl groups excluding tert-OH is 1. The smallest absolute Gasteiger partial charge is 0.307 e. The topological polar surface area (TPSA) is 74.6 Å². The van der Waals surface area contributed by atoms with E-state index in [4.69, 9.17) is 11.6 Å². The van der Waals surface area contributed by atoms with Crippen LogP contribution in [-0.2, 0) is 9.59 Å². The predicted octanol–water partition coefficient (Wildman–Crippen LogP) is 6.10. The third-order valence-electron chi connectivity index (χ3n) is 11.0. The molecule has 4 nitrogen and oxygen atoms in total. The molecule has 0 bridgehead atoms. The van der Waals surface area contributed by atoms with Crippen molar-refractivity contribution in [3.05, 3.63) is 12.2 Å². The molecule has 0 aliphatic heterocycles. The normalized spacial score (nSPS) is 45.6. The van der Waals surface area contributed by atoms with Crippen LogP contribution in [0.3, 0.4) is 0 Å². The Labute approximate surface area is 204 Å². The Morgan fingerprint density at radius 2 is 1.58 bits per heavy atom. The summed E-state index contributed by atoms with van der Waals surface area (Å²) in [5.41, 5.74) is 0.693. The standard InChI is InChI=1S/C28H43ClO4/c1-15(2)16(3)24(31)14-18(26(32)33)20-9-8-19-17-6-7-22-25(29)23(30)11-13-28(22,5)21(17)10-12-27(19,20)4/h15,17-23,25,30H,3,6-14H2,1-2,4-5H3,(H,32,33). The van der Waals surface area contributed by atoms with Gasteiger partial charge in [0.25, 0.3) is 0 Å². The lowest BCUT2D eigenvalue weighted by molar-refractivity contribution is -0.152. The lowest BCUT2D eigenvalue weighted by Crippen LogP contribution is -2.57. The molecule has 0 aromatic heterocycles. The van der Waals surface area contributed by atoms with E-state index in [1.54, 1.807) is 0 Å². The van der Waals surface area contributed by atoms with Crippen molar-refractivity contribution in [3.8, 4) is 0 Å². The van der Waals surface area contributed by atoms with Gasteiger partial charge in [0.15, 0.2) is 5.78 Å². The highest BCUT2D eigenvalue weighted by atomic mass is 35.5. The molecule has 4 rings (SSSR count). The molecule has 0 aromatic carbocycles. The number of carboxylic acids is 1. The Kier molecular flexibility index (Phi) is 6.86. The van der Waals surface area contributed by atoms with Crippen LogP contribution in [0.15, 0.2) is 12.2 Å². The summed E-state index contributed by atoms with van der Waals surface area (Å²) in [7, 11) is 0. The molecule has 4 aliphatic carbocycles. The van der Waals surface area contributed by atoms with Crippen LogP contribution in [0.25, 0.3) is 0 Å². The number of allylic oxidation sites excluding steroid dienone is 1. The van der Waals surface area contributed by atoms with Gasteiger partial charge in [0.05, 0.1) is 17.4 Å². The summed E-state index contributed by atoms with van der Waals surface area (Å²) in [4.78, 5) is 25.2. The van der Waals surface area contributed by atoms with Gasteiger partial charge in [-0.1, -0.05) is 34.3 Å². The van der Waals surface area contributed by atoms with Crippen molar-refractivity contribution >= 4 is 23.4 Å². The van der Waals surface area contributed by atoms with Crippen molar-refractivity contribution in [1.82, 2.24) is 0 Å². The van der Waals surface area contributed by atoms with Gasteiger partial charge in [0, 0.05) is 6.42 Å². The first-order valence-electron chi connectivity index (χ1n) is 13.2. The van der Waals surface area contributed by atoms with E-state index < -0.39 is 11.9 Å². The van der Waals surface area contributed by atoms with Crippen molar-refractivity contribution < 1.29 is 19.8 Å². The predicted molar refractivity (Wildman–Crippen MR) is 131 cm³/mol. The van der Waals surface area contributed by atoms with E-state index in [2.05, 4.69) is 20.4 Å². The third kappa shape index (κ3) is 4.01. The third-order valence-corrected chi connectivity index (χ3v) is 11.6. The molecule has 186 valence electrons. The second-order valence-corrected chi connectivity index (χ2v) is 13.1. The number of aliphatic hydroxyl groups is 1. The van der Waals surface area contributed by atoms with Crippen LogP contribution in [0.5, 0.6) is 0 Å². The molecule has 10 unspecified atom stereocenters. The number of carbonyl (C=O) groups is 2. The van der Waals surface area contributed by atoms with Crippen LogP contribution in [0, 0.1) is 52.3 Å². The zero-order valence-corrected chi connectivity index (χ0v) is 21.6. The highest BCUT2D eigenvalue weighted by molar-refractivity contribution is 6.21. The fraction of sp³-hybridized carbons (Fsp3) is 0.857. The highest BCUT2D eigenvalue weighted by Crippen LogP contribution is 2.68. The first-order valence-corrected chi connectivity index (χ1v) is 13.6. The maximum absolute atomic E-state index is 12.8. The van der Waals surface area contributed by atoms with E-state index in [9.17, 15) is 19.8 Å². The number of aliphatic carboxylic acids is 1. The highest BCUT2D eigenvalue weighted by Gasteiger charge is 2.62. The van der Waals surface area contributed by atoms with Crippen molar-refractivity contribution in [2.24, 2.45) is 52.3 Å². The fourth-order valence-electron chi connectivity index (χ4n) is 9.02. The summed E-state index contributed by atoms with van der Waals surface area (Å²) >= 11 is 6.74. The molecule has 0 radical (unpaired) electrons. The number of hydrogen-bond donors (Lipinski definition) is 2. The molecule has 4 aliphatic rings. The maximum atomic E-state index is 12.8. The van der Waals surface area contributed by atoms with Crippen LogP contribution in [0.4, 0.5) is 0 Å². The number of fused-ring (bicyclic) bond motifs is 5. The molecule has 0 spiro atoms. The van der Waals surface area contributed by atoms with E-state index >= 15 is 0 Å². The molecular formula is C28H43ClO4. The minimum Gasteiger partial charge on any atom is -0.481 e. The average Bonchev–Trinajstić information content (AvgIpc) is 3.10. The van der Waals surface area contributed by atoms with Gasteiger partial charge < -0.3 is 10.2 Å². The lowest BCUT2D eigenvalue weighted by Gasteiger charge is -2.62. The van der Waals surface area contributed by atoms with Crippen molar-refractivity contribution in [2.75, 3.05) is 0 Å². The van der Waals surface area contributed by atoms with E-state index in [1.165, 1.54) is 0 Å². The second kappa shape index (κ2) is 8.97.